The number of rotatable bonds is 5. The number of methoxy groups -OCH3 is 1. The van der Waals surface area contributed by atoms with E-state index in [1.807, 2.05) is 21.8 Å². The van der Waals surface area contributed by atoms with E-state index in [-0.39, 0.29) is 11.9 Å². The van der Waals surface area contributed by atoms with Gasteiger partial charge in [0.2, 0.25) is 0 Å². The molecule has 28 heavy (non-hydrogen) atoms. The second-order valence-corrected chi connectivity index (χ2v) is 7.92. The lowest BCUT2D eigenvalue weighted by Crippen LogP contribution is -2.36. The molecule has 2 aliphatic rings. The third-order valence-corrected chi connectivity index (χ3v) is 5.84. The van der Waals surface area contributed by atoms with Crippen LogP contribution >= 0.6 is 0 Å². The lowest BCUT2D eigenvalue weighted by Gasteiger charge is -2.32. The highest BCUT2D eigenvalue weighted by Gasteiger charge is 2.26. The topological polar surface area (TPSA) is 63.5 Å². The fourth-order valence-corrected chi connectivity index (χ4v) is 4.32. The minimum atomic E-state index is 0.0186. The molecule has 1 aromatic carbocycles. The van der Waals surface area contributed by atoms with Crippen LogP contribution in [0.25, 0.3) is 0 Å². The van der Waals surface area contributed by atoms with E-state index in [1.165, 1.54) is 5.56 Å². The Hall–Kier alpha value is -2.41. The van der Waals surface area contributed by atoms with Crippen molar-refractivity contribution in [2.75, 3.05) is 33.3 Å². The van der Waals surface area contributed by atoms with Crippen molar-refractivity contribution in [2.24, 2.45) is 0 Å². The highest BCUT2D eigenvalue weighted by molar-refractivity contribution is 5.92. The van der Waals surface area contributed by atoms with Crippen LogP contribution in [0.5, 0.6) is 5.75 Å². The molecule has 150 valence electrons. The molecule has 0 unspecified atom stereocenters. The fraction of sp³-hybridized carbons (Fsp3) is 0.571. The molecule has 0 saturated carbocycles. The number of hydrogen-bond acceptors (Lipinski definition) is 5. The molecular weight excluding hydrogens is 354 g/mol. The van der Waals surface area contributed by atoms with Crippen LogP contribution in [0.3, 0.4) is 0 Å². The Labute approximate surface area is 166 Å². The second-order valence-electron chi connectivity index (χ2n) is 7.92. The maximum atomic E-state index is 12.5. The van der Waals surface area contributed by atoms with E-state index in [9.17, 15) is 4.79 Å². The van der Waals surface area contributed by atoms with Crippen molar-refractivity contribution >= 4 is 5.91 Å². The minimum absolute atomic E-state index is 0.0186. The van der Waals surface area contributed by atoms with E-state index < -0.39 is 0 Å². The molecular formula is C21H29N5O2. The first kappa shape index (κ1) is 18.9. The molecule has 1 amide bonds. The summed E-state index contributed by atoms with van der Waals surface area (Å²) >= 11 is 0. The van der Waals surface area contributed by atoms with Gasteiger partial charge in [0.15, 0.2) is 5.69 Å². The SMILES string of the molecule is COc1ccc(CN2CCC[C@@H](n3cc(C(=O)N4CCCC4)nn3)C2)cc1C. The number of carbonyl (C=O) groups is 1. The van der Waals surface area contributed by atoms with Crippen molar-refractivity contribution < 1.29 is 9.53 Å². The van der Waals surface area contributed by atoms with Gasteiger partial charge in [-0.05, 0) is 56.3 Å². The van der Waals surface area contributed by atoms with Gasteiger partial charge in [-0.2, -0.15) is 0 Å². The third kappa shape index (κ3) is 4.04. The first-order valence-electron chi connectivity index (χ1n) is 10.2. The van der Waals surface area contributed by atoms with Crippen molar-refractivity contribution in [3.8, 4) is 5.75 Å². The maximum absolute atomic E-state index is 12.5. The van der Waals surface area contributed by atoms with Gasteiger partial charge in [-0.25, -0.2) is 4.68 Å². The van der Waals surface area contributed by atoms with Crippen LogP contribution in [0.2, 0.25) is 0 Å². The number of likely N-dealkylation sites (tertiary alicyclic amines) is 2. The molecule has 2 aromatic rings. The Morgan fingerprint density at radius 3 is 2.79 bits per heavy atom. The Balaban J connectivity index is 1.40. The Morgan fingerprint density at radius 1 is 1.21 bits per heavy atom. The summed E-state index contributed by atoms with van der Waals surface area (Å²) in [6.07, 6.45) is 6.20. The molecule has 0 N–H and O–H groups in total. The van der Waals surface area contributed by atoms with Gasteiger partial charge in [0, 0.05) is 26.2 Å². The maximum Gasteiger partial charge on any atom is 0.276 e. The lowest BCUT2D eigenvalue weighted by atomic mass is 10.0. The van der Waals surface area contributed by atoms with Gasteiger partial charge in [0.25, 0.3) is 5.91 Å². The van der Waals surface area contributed by atoms with Gasteiger partial charge in [0.1, 0.15) is 5.75 Å². The summed E-state index contributed by atoms with van der Waals surface area (Å²) in [5.74, 6) is 0.947. The van der Waals surface area contributed by atoms with E-state index in [0.29, 0.717) is 5.69 Å². The average molecular weight is 383 g/mol. The Morgan fingerprint density at radius 2 is 2.04 bits per heavy atom. The quantitative estimate of drug-likeness (QED) is 0.794. The van der Waals surface area contributed by atoms with Crippen LogP contribution in [-0.4, -0.2) is 64.0 Å². The fourth-order valence-electron chi connectivity index (χ4n) is 4.32. The van der Waals surface area contributed by atoms with E-state index >= 15 is 0 Å². The molecule has 0 radical (unpaired) electrons. The van der Waals surface area contributed by atoms with Crippen molar-refractivity contribution in [1.82, 2.24) is 24.8 Å². The Bertz CT molecular complexity index is 828. The normalized spacial score (nSPS) is 20.5. The summed E-state index contributed by atoms with van der Waals surface area (Å²) in [5, 5.41) is 8.45. The number of hydrogen-bond donors (Lipinski definition) is 0. The number of ether oxygens (including phenoxy) is 1. The molecule has 2 aliphatic heterocycles. The van der Waals surface area contributed by atoms with Crippen LogP contribution in [-0.2, 0) is 6.54 Å². The first-order chi connectivity index (χ1) is 13.6. The highest BCUT2D eigenvalue weighted by Crippen LogP contribution is 2.24. The molecule has 0 spiro atoms. The zero-order valence-corrected chi connectivity index (χ0v) is 16.8. The number of piperidine rings is 1. The zero-order chi connectivity index (χ0) is 19.5. The van der Waals surface area contributed by atoms with Gasteiger partial charge >= 0.3 is 0 Å². The van der Waals surface area contributed by atoms with Crippen LogP contribution in [0.4, 0.5) is 0 Å². The molecule has 3 heterocycles. The van der Waals surface area contributed by atoms with Gasteiger partial charge in [-0.1, -0.05) is 17.3 Å². The monoisotopic (exact) mass is 383 g/mol. The summed E-state index contributed by atoms with van der Waals surface area (Å²) < 4.78 is 7.26. The van der Waals surface area contributed by atoms with Gasteiger partial charge < -0.3 is 9.64 Å². The predicted molar refractivity (Wildman–Crippen MR) is 106 cm³/mol. The number of aryl methyl sites for hydroxylation is 1. The van der Waals surface area contributed by atoms with Crippen LogP contribution in [0.1, 0.15) is 53.3 Å². The van der Waals surface area contributed by atoms with E-state index in [1.54, 1.807) is 7.11 Å². The molecule has 4 rings (SSSR count). The summed E-state index contributed by atoms with van der Waals surface area (Å²) in [7, 11) is 1.71. The van der Waals surface area contributed by atoms with Crippen molar-refractivity contribution in [2.45, 2.75) is 45.2 Å². The molecule has 2 saturated heterocycles. The predicted octanol–water partition coefficient (Wildman–Crippen LogP) is 2.67. The van der Waals surface area contributed by atoms with Crippen LogP contribution < -0.4 is 4.74 Å². The number of carbonyl (C=O) groups excluding carboxylic acids is 1. The molecule has 1 atom stereocenters. The van der Waals surface area contributed by atoms with Crippen molar-refractivity contribution in [3.05, 3.63) is 41.2 Å². The molecule has 7 heteroatoms. The number of amides is 1. The summed E-state index contributed by atoms with van der Waals surface area (Å²) in [5.41, 5.74) is 2.93. The van der Waals surface area contributed by atoms with Gasteiger partial charge in [0.05, 0.1) is 19.3 Å². The second kappa shape index (κ2) is 8.31. The molecule has 7 nitrogen and oxygen atoms in total. The van der Waals surface area contributed by atoms with Crippen LogP contribution in [0.15, 0.2) is 24.4 Å². The van der Waals surface area contributed by atoms with Gasteiger partial charge in [-0.15, -0.1) is 5.10 Å². The summed E-state index contributed by atoms with van der Waals surface area (Å²) in [6, 6.07) is 6.64. The zero-order valence-electron chi connectivity index (χ0n) is 16.8. The molecule has 0 aliphatic carbocycles. The van der Waals surface area contributed by atoms with E-state index in [0.717, 1.165) is 69.7 Å². The van der Waals surface area contributed by atoms with Gasteiger partial charge in [-0.3, -0.25) is 9.69 Å². The summed E-state index contributed by atoms with van der Waals surface area (Å²) in [6.45, 7) is 6.67. The van der Waals surface area contributed by atoms with Crippen molar-refractivity contribution in [3.63, 3.8) is 0 Å². The molecule has 1 aromatic heterocycles. The van der Waals surface area contributed by atoms with Crippen molar-refractivity contribution in [1.29, 1.82) is 0 Å². The highest BCUT2D eigenvalue weighted by atomic mass is 16.5. The smallest absolute Gasteiger partial charge is 0.276 e. The molecule has 2 fully saturated rings. The molecule has 0 bridgehead atoms. The number of nitrogens with zero attached hydrogens (tertiary/aromatic N) is 5. The number of aromatic nitrogens is 3. The standard InChI is InChI=1S/C21H29N5O2/c1-16-12-17(7-8-20(16)28-2)13-24-9-5-6-18(14-24)26-15-19(22-23-26)21(27)25-10-3-4-11-25/h7-8,12,15,18H,3-6,9-11,13-14H2,1-2H3/t18-/m1/s1. The van der Waals surface area contributed by atoms with Crippen LogP contribution in [0, 0.1) is 6.92 Å². The Kier molecular flexibility index (Phi) is 5.62. The lowest BCUT2D eigenvalue weighted by molar-refractivity contribution is 0.0787. The first-order valence-corrected chi connectivity index (χ1v) is 10.2. The van der Waals surface area contributed by atoms with E-state index in [2.05, 4.69) is 34.3 Å². The summed E-state index contributed by atoms with van der Waals surface area (Å²) in [4.78, 5) is 16.9. The largest absolute Gasteiger partial charge is 0.496 e. The number of benzene rings is 1. The average Bonchev–Trinajstić information content (AvgIpc) is 3.40. The minimum Gasteiger partial charge on any atom is -0.496 e. The van der Waals surface area contributed by atoms with E-state index in [4.69, 9.17) is 4.74 Å². The third-order valence-electron chi connectivity index (χ3n) is 5.84.